The van der Waals surface area contributed by atoms with Gasteiger partial charge in [-0.25, -0.2) is 10.4 Å². The van der Waals surface area contributed by atoms with E-state index < -0.39 is 0 Å². The molecule has 3 heteroatoms. The molecule has 1 N–H and O–H groups in total. The number of rotatable bonds is 0. The summed E-state index contributed by atoms with van der Waals surface area (Å²) in [4.78, 5) is 0. The second-order valence-corrected chi connectivity index (χ2v) is 1.58. The van der Waals surface area contributed by atoms with Crippen molar-refractivity contribution >= 4 is 0 Å². The van der Waals surface area contributed by atoms with E-state index in [0.717, 1.165) is 6.54 Å². The topological polar surface area (TPSA) is 24.3 Å². The molecule has 2 aliphatic rings. The van der Waals surface area contributed by atoms with Gasteiger partial charge in [0.15, 0.2) is 0 Å². The highest BCUT2D eigenvalue weighted by atomic mass is 16.6. The van der Waals surface area contributed by atoms with Crippen LogP contribution in [0.1, 0.15) is 0 Å². The van der Waals surface area contributed by atoms with Crippen molar-refractivity contribution in [3.8, 4) is 0 Å². The van der Waals surface area contributed by atoms with E-state index in [4.69, 9.17) is 4.74 Å². The number of ether oxygens (including phenoxy) is 1. The van der Waals surface area contributed by atoms with Crippen molar-refractivity contribution in [3.05, 3.63) is 0 Å². The zero-order chi connectivity index (χ0) is 3.98. The van der Waals surface area contributed by atoms with Crippen LogP contribution in [0.4, 0.5) is 0 Å². The molecule has 0 amide bonds. The summed E-state index contributed by atoms with van der Waals surface area (Å²) in [5.41, 5.74) is 3.00. The van der Waals surface area contributed by atoms with Crippen molar-refractivity contribution in [3.63, 3.8) is 0 Å². The number of hydrogen-bond donors (Lipinski definition) is 1. The van der Waals surface area contributed by atoms with Crippen molar-refractivity contribution in [1.29, 1.82) is 0 Å². The first-order valence-corrected chi connectivity index (χ1v) is 2.08. The largest absolute Gasteiger partial charge is 0.344 e. The van der Waals surface area contributed by atoms with Crippen LogP contribution in [0.3, 0.4) is 0 Å². The fourth-order valence-corrected chi connectivity index (χ4v) is 0.647. The van der Waals surface area contributed by atoms with Gasteiger partial charge in [0, 0.05) is 0 Å². The molecule has 0 aliphatic carbocycles. The van der Waals surface area contributed by atoms with Gasteiger partial charge in [-0.2, -0.15) is 0 Å². The third-order valence-corrected chi connectivity index (χ3v) is 1.11. The summed E-state index contributed by atoms with van der Waals surface area (Å²) in [7, 11) is 0. The SMILES string of the molecule is C1NN2CC2O1. The van der Waals surface area contributed by atoms with Crippen molar-refractivity contribution in [2.24, 2.45) is 0 Å². The van der Waals surface area contributed by atoms with Gasteiger partial charge >= 0.3 is 0 Å². The fourth-order valence-electron chi connectivity index (χ4n) is 0.647. The molecule has 6 heavy (non-hydrogen) atoms. The summed E-state index contributed by atoms with van der Waals surface area (Å²) in [5, 5.41) is 2.06. The van der Waals surface area contributed by atoms with Gasteiger partial charge in [-0.1, -0.05) is 0 Å². The average molecular weight is 86.1 g/mol. The second-order valence-electron chi connectivity index (χ2n) is 1.58. The first-order valence-electron chi connectivity index (χ1n) is 2.08. The Bertz CT molecular complexity index is 67.2. The molecule has 2 saturated heterocycles. The third kappa shape index (κ3) is 0.228. The Hall–Kier alpha value is -0.120. The lowest BCUT2D eigenvalue weighted by Gasteiger charge is -1.87. The minimum Gasteiger partial charge on any atom is -0.344 e. The number of nitrogens with one attached hydrogen (secondary N) is 1. The van der Waals surface area contributed by atoms with E-state index in [-0.39, 0.29) is 0 Å². The number of nitrogens with zero attached hydrogens (tertiary/aromatic N) is 1. The number of fused-ring (bicyclic) bond motifs is 1. The van der Waals surface area contributed by atoms with E-state index in [9.17, 15) is 0 Å². The van der Waals surface area contributed by atoms with Gasteiger partial charge < -0.3 is 4.74 Å². The van der Waals surface area contributed by atoms with Gasteiger partial charge in [-0.3, -0.25) is 0 Å². The Morgan fingerprint density at radius 3 is 3.00 bits per heavy atom. The summed E-state index contributed by atoms with van der Waals surface area (Å²) >= 11 is 0. The average Bonchev–Trinajstić information content (AvgIpc) is 2.17. The van der Waals surface area contributed by atoms with Crippen molar-refractivity contribution < 1.29 is 4.74 Å². The van der Waals surface area contributed by atoms with Crippen LogP contribution in [0.2, 0.25) is 0 Å². The van der Waals surface area contributed by atoms with Crippen LogP contribution < -0.4 is 5.43 Å². The molecule has 2 atom stereocenters. The molecule has 34 valence electrons. The van der Waals surface area contributed by atoms with Gasteiger partial charge in [0.25, 0.3) is 0 Å². The van der Waals surface area contributed by atoms with Crippen LogP contribution in [0.15, 0.2) is 0 Å². The van der Waals surface area contributed by atoms with Crippen LogP contribution >= 0.6 is 0 Å². The smallest absolute Gasteiger partial charge is 0.139 e. The molecule has 0 spiro atoms. The lowest BCUT2D eigenvalue weighted by Crippen LogP contribution is -2.15. The lowest BCUT2D eigenvalue weighted by atomic mass is 10.9. The van der Waals surface area contributed by atoms with Gasteiger partial charge in [-0.05, 0) is 0 Å². The summed E-state index contributed by atoms with van der Waals surface area (Å²) in [6, 6.07) is 0. The normalized spacial score (nSPS) is 52.0. The lowest BCUT2D eigenvalue weighted by molar-refractivity contribution is 0.152. The minimum absolute atomic E-state index is 0.435. The molecule has 2 fully saturated rings. The van der Waals surface area contributed by atoms with Crippen LogP contribution in [0.5, 0.6) is 0 Å². The fraction of sp³-hybridized carbons (Fsp3) is 1.00. The molecular weight excluding hydrogens is 80.0 g/mol. The molecule has 3 nitrogen and oxygen atoms in total. The maximum absolute atomic E-state index is 5.04. The Morgan fingerprint density at radius 2 is 2.83 bits per heavy atom. The maximum Gasteiger partial charge on any atom is 0.139 e. The third-order valence-electron chi connectivity index (χ3n) is 1.11. The van der Waals surface area contributed by atoms with Crippen molar-refractivity contribution in [2.45, 2.75) is 6.23 Å². The Balaban J connectivity index is 2.09. The molecule has 2 aliphatic heterocycles. The molecule has 0 bridgehead atoms. The molecule has 0 aromatic heterocycles. The van der Waals surface area contributed by atoms with Crippen molar-refractivity contribution in [2.75, 3.05) is 13.3 Å². The van der Waals surface area contributed by atoms with Crippen molar-refractivity contribution in [1.82, 2.24) is 10.4 Å². The van der Waals surface area contributed by atoms with E-state index in [1.807, 2.05) is 0 Å². The molecule has 0 radical (unpaired) electrons. The highest BCUT2D eigenvalue weighted by Crippen LogP contribution is 2.18. The standard InChI is InChI=1S/C3H6N2O/c1-3-5(1)4-2-6-3/h3-4H,1-2H2. The molecule has 2 heterocycles. The maximum atomic E-state index is 5.04. The van der Waals surface area contributed by atoms with Gasteiger partial charge in [0.1, 0.15) is 13.0 Å². The van der Waals surface area contributed by atoms with Gasteiger partial charge in [-0.15, -0.1) is 0 Å². The van der Waals surface area contributed by atoms with E-state index in [1.54, 1.807) is 0 Å². The highest BCUT2D eigenvalue weighted by molar-refractivity contribution is 4.79. The molecule has 0 aromatic carbocycles. The van der Waals surface area contributed by atoms with E-state index in [2.05, 4.69) is 10.4 Å². The molecule has 2 unspecified atom stereocenters. The summed E-state index contributed by atoms with van der Waals surface area (Å²) in [6.45, 7) is 1.80. The predicted octanol–water partition coefficient (Wildman–Crippen LogP) is -0.880. The van der Waals surface area contributed by atoms with Crippen LogP contribution in [0.25, 0.3) is 0 Å². The van der Waals surface area contributed by atoms with Crippen LogP contribution in [-0.2, 0) is 4.74 Å². The Kier molecular flexibility index (Phi) is 0.371. The summed E-state index contributed by atoms with van der Waals surface area (Å²) in [6.07, 6.45) is 0.435. The van der Waals surface area contributed by atoms with Gasteiger partial charge in [0.2, 0.25) is 0 Å². The first kappa shape index (κ1) is 2.96. The van der Waals surface area contributed by atoms with Gasteiger partial charge in [0.05, 0.1) is 6.54 Å². The molecule has 2 rings (SSSR count). The number of hydrazine groups is 1. The zero-order valence-electron chi connectivity index (χ0n) is 3.35. The monoisotopic (exact) mass is 86.0 g/mol. The highest BCUT2D eigenvalue weighted by Gasteiger charge is 2.39. The van der Waals surface area contributed by atoms with E-state index >= 15 is 0 Å². The Morgan fingerprint density at radius 1 is 1.83 bits per heavy atom. The van der Waals surface area contributed by atoms with E-state index in [0.29, 0.717) is 13.0 Å². The molecule has 0 saturated carbocycles. The molecular formula is C3H6N2O. The van der Waals surface area contributed by atoms with E-state index in [1.165, 1.54) is 0 Å². The zero-order valence-corrected chi connectivity index (χ0v) is 3.35. The first-order chi connectivity index (χ1) is 2.97. The Labute approximate surface area is 35.9 Å². The minimum atomic E-state index is 0.435. The van der Waals surface area contributed by atoms with Crippen LogP contribution in [-0.4, -0.2) is 24.5 Å². The second kappa shape index (κ2) is 0.753. The summed E-state index contributed by atoms with van der Waals surface area (Å²) in [5.74, 6) is 0. The predicted molar refractivity (Wildman–Crippen MR) is 19.6 cm³/mol. The quantitative estimate of drug-likeness (QED) is 0.387. The summed E-state index contributed by atoms with van der Waals surface area (Å²) < 4.78 is 5.04. The van der Waals surface area contributed by atoms with Crippen LogP contribution in [0, 0.1) is 0 Å². The molecule has 0 aromatic rings. The number of hydrogen-bond acceptors (Lipinski definition) is 3.